The highest BCUT2D eigenvalue weighted by Crippen LogP contribution is 2.24. The molecule has 1 atom stereocenters. The zero-order chi connectivity index (χ0) is 17.6. The molecule has 1 aromatic carbocycles. The van der Waals surface area contributed by atoms with E-state index in [1.165, 1.54) is 22.6 Å². The largest absolute Gasteiger partial charge is 0.379 e. The summed E-state index contributed by atoms with van der Waals surface area (Å²) in [5.41, 5.74) is 2.39. The molecule has 0 spiro atoms. The summed E-state index contributed by atoms with van der Waals surface area (Å²) in [5.74, 6) is -0.00169. The van der Waals surface area contributed by atoms with Crippen molar-refractivity contribution in [2.24, 2.45) is 0 Å². The van der Waals surface area contributed by atoms with Gasteiger partial charge in [-0.1, -0.05) is 18.2 Å². The van der Waals surface area contributed by atoms with Gasteiger partial charge in [0.05, 0.1) is 24.1 Å². The Morgan fingerprint density at radius 3 is 2.56 bits per heavy atom. The third-order valence-corrected chi connectivity index (χ3v) is 5.35. The number of hydrogen-bond donors (Lipinski definition) is 1. The van der Waals surface area contributed by atoms with E-state index in [9.17, 15) is 4.79 Å². The van der Waals surface area contributed by atoms with Gasteiger partial charge in [-0.05, 0) is 29.1 Å². The van der Waals surface area contributed by atoms with Crippen LogP contribution in [0.15, 0.2) is 41.8 Å². The lowest BCUT2D eigenvalue weighted by Gasteiger charge is -2.35. The molecule has 1 fully saturated rings. The van der Waals surface area contributed by atoms with Crippen LogP contribution in [-0.2, 0) is 4.74 Å². The van der Waals surface area contributed by atoms with Crippen LogP contribution in [-0.4, -0.2) is 57.8 Å². The predicted octanol–water partition coefficient (Wildman–Crippen LogP) is 2.62. The van der Waals surface area contributed by atoms with E-state index in [2.05, 4.69) is 39.4 Å². The van der Waals surface area contributed by atoms with Crippen molar-refractivity contribution >= 4 is 22.9 Å². The molecule has 0 aliphatic carbocycles. The number of ether oxygens (including phenoxy) is 1. The zero-order valence-corrected chi connectivity index (χ0v) is 15.6. The van der Waals surface area contributed by atoms with Gasteiger partial charge in [0, 0.05) is 39.4 Å². The molecular weight excluding hydrogens is 334 g/mol. The van der Waals surface area contributed by atoms with Gasteiger partial charge in [0.15, 0.2) is 0 Å². The Bertz CT molecular complexity index is 664. The molecule has 5 nitrogen and oxygen atoms in total. The Kier molecular flexibility index (Phi) is 6.07. The van der Waals surface area contributed by atoms with Crippen molar-refractivity contribution in [2.75, 3.05) is 51.8 Å². The van der Waals surface area contributed by atoms with Crippen LogP contribution < -0.4 is 10.2 Å². The predicted molar refractivity (Wildman–Crippen MR) is 103 cm³/mol. The minimum Gasteiger partial charge on any atom is -0.379 e. The molecule has 3 rings (SSSR count). The average Bonchev–Trinajstić information content (AvgIpc) is 3.18. The second-order valence-electron chi connectivity index (χ2n) is 6.34. The summed E-state index contributed by atoms with van der Waals surface area (Å²) in [6.45, 7) is 3.85. The molecule has 0 radical (unpaired) electrons. The smallest absolute Gasteiger partial charge is 0.261 e. The third-order valence-electron chi connectivity index (χ3n) is 4.48. The van der Waals surface area contributed by atoms with Crippen molar-refractivity contribution in [3.63, 3.8) is 0 Å². The van der Waals surface area contributed by atoms with Crippen LogP contribution in [0.25, 0.3) is 0 Å². The van der Waals surface area contributed by atoms with Crippen molar-refractivity contribution in [1.29, 1.82) is 0 Å². The lowest BCUT2D eigenvalue weighted by molar-refractivity contribution is 0.0162. The van der Waals surface area contributed by atoms with Crippen LogP contribution in [0.1, 0.15) is 21.3 Å². The van der Waals surface area contributed by atoms with Gasteiger partial charge in [0.2, 0.25) is 0 Å². The summed E-state index contributed by atoms with van der Waals surface area (Å²) < 4.78 is 5.49. The number of amides is 1. The minimum absolute atomic E-state index is 0.00169. The van der Waals surface area contributed by atoms with Crippen molar-refractivity contribution in [3.05, 3.63) is 52.2 Å². The topological polar surface area (TPSA) is 44.8 Å². The molecule has 25 heavy (non-hydrogen) atoms. The minimum atomic E-state index is -0.00169. The van der Waals surface area contributed by atoms with E-state index in [4.69, 9.17) is 4.74 Å². The number of nitrogens with zero attached hydrogens (tertiary/aromatic N) is 2. The van der Waals surface area contributed by atoms with Crippen LogP contribution in [0.4, 0.5) is 5.69 Å². The van der Waals surface area contributed by atoms with Gasteiger partial charge in [-0.15, -0.1) is 11.3 Å². The first-order chi connectivity index (χ1) is 12.1. The first kappa shape index (κ1) is 17.9. The monoisotopic (exact) mass is 359 g/mol. The number of anilines is 1. The van der Waals surface area contributed by atoms with E-state index >= 15 is 0 Å². The number of carbonyl (C=O) groups excluding carboxylic acids is 1. The maximum atomic E-state index is 12.3. The molecule has 2 aromatic rings. The number of hydrogen-bond acceptors (Lipinski definition) is 5. The van der Waals surface area contributed by atoms with E-state index in [1.54, 1.807) is 0 Å². The first-order valence-corrected chi connectivity index (χ1v) is 9.44. The fraction of sp³-hybridized carbons (Fsp3) is 0.421. The molecule has 1 aromatic heterocycles. The van der Waals surface area contributed by atoms with E-state index in [1.807, 2.05) is 31.6 Å². The van der Waals surface area contributed by atoms with Crippen molar-refractivity contribution in [2.45, 2.75) is 6.04 Å². The summed E-state index contributed by atoms with van der Waals surface area (Å²) in [6.07, 6.45) is 0. The van der Waals surface area contributed by atoms with Crippen LogP contribution in [0, 0.1) is 0 Å². The lowest BCUT2D eigenvalue weighted by Crippen LogP contribution is -2.43. The van der Waals surface area contributed by atoms with Gasteiger partial charge in [-0.3, -0.25) is 9.69 Å². The molecule has 1 N–H and O–H groups in total. The molecule has 6 heteroatoms. The van der Waals surface area contributed by atoms with Gasteiger partial charge in [-0.25, -0.2) is 0 Å². The molecule has 1 saturated heterocycles. The summed E-state index contributed by atoms with van der Waals surface area (Å²) in [5, 5.41) is 5.02. The second kappa shape index (κ2) is 8.47. The highest BCUT2D eigenvalue weighted by molar-refractivity contribution is 7.12. The van der Waals surface area contributed by atoms with E-state index in [0.29, 0.717) is 6.54 Å². The van der Waals surface area contributed by atoms with Crippen molar-refractivity contribution in [1.82, 2.24) is 10.2 Å². The molecule has 1 amide bonds. The Hall–Kier alpha value is -1.89. The Morgan fingerprint density at radius 1 is 1.24 bits per heavy atom. The van der Waals surface area contributed by atoms with Gasteiger partial charge < -0.3 is 15.0 Å². The summed E-state index contributed by atoms with van der Waals surface area (Å²) in [7, 11) is 4.07. The fourth-order valence-electron chi connectivity index (χ4n) is 3.03. The quantitative estimate of drug-likeness (QED) is 0.861. The molecule has 134 valence electrons. The Balaban J connectivity index is 1.73. The van der Waals surface area contributed by atoms with Crippen molar-refractivity contribution < 1.29 is 9.53 Å². The number of thiophene rings is 1. The Labute approximate surface area is 153 Å². The molecule has 1 aliphatic rings. The SMILES string of the molecule is CN(C)c1ccc(C(CNC(=O)c2cccs2)N2CCOCC2)cc1. The van der Waals surface area contributed by atoms with Gasteiger partial charge in [0.25, 0.3) is 5.91 Å². The molecular formula is C19H25N3O2S. The van der Waals surface area contributed by atoms with E-state index in [0.717, 1.165) is 31.2 Å². The number of rotatable bonds is 6. The van der Waals surface area contributed by atoms with Crippen LogP contribution in [0.3, 0.4) is 0 Å². The molecule has 1 aliphatic heterocycles. The molecule has 0 saturated carbocycles. The summed E-state index contributed by atoms with van der Waals surface area (Å²) in [6, 6.07) is 12.5. The highest BCUT2D eigenvalue weighted by atomic mass is 32.1. The molecule has 0 bridgehead atoms. The Morgan fingerprint density at radius 2 is 1.96 bits per heavy atom. The number of carbonyl (C=O) groups is 1. The lowest BCUT2D eigenvalue weighted by atomic mass is 10.0. The number of morpholine rings is 1. The zero-order valence-electron chi connectivity index (χ0n) is 14.8. The second-order valence-corrected chi connectivity index (χ2v) is 7.29. The van der Waals surface area contributed by atoms with Gasteiger partial charge >= 0.3 is 0 Å². The molecule has 1 unspecified atom stereocenters. The van der Waals surface area contributed by atoms with Crippen molar-refractivity contribution in [3.8, 4) is 0 Å². The van der Waals surface area contributed by atoms with Gasteiger partial charge in [0.1, 0.15) is 0 Å². The maximum absolute atomic E-state index is 12.3. The van der Waals surface area contributed by atoms with Gasteiger partial charge in [-0.2, -0.15) is 0 Å². The van der Waals surface area contributed by atoms with Crippen LogP contribution in [0.2, 0.25) is 0 Å². The van der Waals surface area contributed by atoms with Crippen LogP contribution in [0.5, 0.6) is 0 Å². The molecule has 2 heterocycles. The highest BCUT2D eigenvalue weighted by Gasteiger charge is 2.23. The number of nitrogens with one attached hydrogen (secondary N) is 1. The van der Waals surface area contributed by atoms with Crippen LogP contribution >= 0.6 is 11.3 Å². The van der Waals surface area contributed by atoms with E-state index < -0.39 is 0 Å². The van der Waals surface area contributed by atoms with E-state index in [-0.39, 0.29) is 11.9 Å². The summed E-state index contributed by atoms with van der Waals surface area (Å²) >= 11 is 1.47. The summed E-state index contributed by atoms with van der Waals surface area (Å²) in [4.78, 5) is 17.6. The first-order valence-electron chi connectivity index (χ1n) is 8.56. The standard InChI is InChI=1S/C19H25N3O2S/c1-21(2)16-7-5-15(6-8-16)17(22-9-11-24-12-10-22)14-20-19(23)18-4-3-13-25-18/h3-8,13,17H,9-12,14H2,1-2H3,(H,20,23). The normalized spacial score (nSPS) is 16.4. The average molecular weight is 359 g/mol. The third kappa shape index (κ3) is 4.60. The maximum Gasteiger partial charge on any atom is 0.261 e. The number of benzene rings is 1. The fourth-order valence-corrected chi connectivity index (χ4v) is 3.67.